The summed E-state index contributed by atoms with van der Waals surface area (Å²) in [6, 6.07) is 0. The summed E-state index contributed by atoms with van der Waals surface area (Å²) in [6.45, 7) is 4.59. The number of Topliss-reactive ketones (excluding diaryl/α,β-unsaturated/α-hetero) is 1. The predicted molar refractivity (Wildman–Crippen MR) is 173 cm³/mol. The molecule has 0 spiro atoms. The molecule has 0 bridgehead atoms. The highest BCUT2D eigenvalue weighted by molar-refractivity contribution is 5.78. The Kier molecular flexibility index (Phi) is 34.4. The highest BCUT2D eigenvalue weighted by Crippen LogP contribution is 2.16. The second-order valence-electron chi connectivity index (χ2n) is 12.6. The summed E-state index contributed by atoms with van der Waals surface area (Å²) in [4.78, 5) is 12.1. The fourth-order valence-electron chi connectivity index (χ4n) is 5.87. The number of ketones is 1. The SMILES string of the molecule is CCCCCCCCCCCCCCCCCCC(=O)CCCCCCCCCCCCCCCCCC. The van der Waals surface area contributed by atoms with Crippen LogP contribution in [0.5, 0.6) is 0 Å². The predicted octanol–water partition coefficient (Wildman–Crippen LogP) is 13.9. The Morgan fingerprint density at radius 3 is 0.605 bits per heavy atom. The van der Waals surface area contributed by atoms with Crippen LogP contribution in [0.2, 0.25) is 0 Å². The highest BCUT2D eigenvalue weighted by Gasteiger charge is 2.02. The van der Waals surface area contributed by atoms with E-state index in [1.807, 2.05) is 0 Å². The minimum Gasteiger partial charge on any atom is -0.300 e. The molecule has 0 aliphatic heterocycles. The molecular weight excluding hydrogens is 460 g/mol. The van der Waals surface area contributed by atoms with Gasteiger partial charge in [0, 0.05) is 12.8 Å². The van der Waals surface area contributed by atoms with Gasteiger partial charge in [0.2, 0.25) is 0 Å². The maximum absolute atomic E-state index is 12.1. The van der Waals surface area contributed by atoms with Crippen LogP contribution in [0, 0.1) is 0 Å². The van der Waals surface area contributed by atoms with Crippen molar-refractivity contribution in [3.8, 4) is 0 Å². The Labute approximate surface area is 242 Å². The van der Waals surface area contributed by atoms with Crippen molar-refractivity contribution in [1.82, 2.24) is 0 Å². The molecule has 0 heterocycles. The fraction of sp³-hybridized carbons (Fsp3) is 0.973. The molecule has 0 N–H and O–H groups in total. The van der Waals surface area contributed by atoms with Crippen molar-refractivity contribution in [2.45, 2.75) is 232 Å². The van der Waals surface area contributed by atoms with Gasteiger partial charge in [0.1, 0.15) is 5.78 Å². The van der Waals surface area contributed by atoms with Crippen molar-refractivity contribution < 1.29 is 4.79 Å². The van der Waals surface area contributed by atoms with Crippen molar-refractivity contribution in [2.24, 2.45) is 0 Å². The summed E-state index contributed by atoms with van der Waals surface area (Å²) in [5.74, 6) is 0.528. The molecule has 0 amide bonds. The number of carbonyl (C=O) groups is 1. The number of unbranched alkanes of at least 4 members (excludes halogenated alkanes) is 30. The molecule has 0 aromatic rings. The van der Waals surface area contributed by atoms with Crippen molar-refractivity contribution in [3.63, 3.8) is 0 Å². The fourth-order valence-corrected chi connectivity index (χ4v) is 5.87. The van der Waals surface area contributed by atoms with Crippen molar-refractivity contribution >= 4 is 5.78 Å². The molecule has 1 nitrogen and oxygen atoms in total. The molecule has 0 aromatic heterocycles. The first kappa shape index (κ1) is 37.7. The van der Waals surface area contributed by atoms with Crippen molar-refractivity contribution in [1.29, 1.82) is 0 Å². The summed E-state index contributed by atoms with van der Waals surface area (Å²) >= 11 is 0. The lowest BCUT2D eigenvalue weighted by Gasteiger charge is -2.04. The Hall–Kier alpha value is -0.330. The van der Waals surface area contributed by atoms with E-state index in [4.69, 9.17) is 0 Å². The molecule has 0 atom stereocenters. The number of hydrogen-bond donors (Lipinski definition) is 0. The number of carbonyl (C=O) groups excluding carboxylic acids is 1. The second-order valence-corrected chi connectivity index (χ2v) is 12.6. The molecule has 0 fully saturated rings. The lowest BCUT2D eigenvalue weighted by molar-refractivity contribution is -0.119. The van der Waals surface area contributed by atoms with E-state index < -0.39 is 0 Å². The second kappa shape index (κ2) is 34.7. The van der Waals surface area contributed by atoms with Crippen LogP contribution in [-0.2, 0) is 4.79 Å². The van der Waals surface area contributed by atoms with Crippen LogP contribution in [-0.4, -0.2) is 5.78 Å². The van der Waals surface area contributed by atoms with Gasteiger partial charge in [0.25, 0.3) is 0 Å². The van der Waals surface area contributed by atoms with Gasteiger partial charge in [-0.3, -0.25) is 4.79 Å². The normalized spacial score (nSPS) is 11.4. The molecule has 0 aliphatic rings. The first-order valence-corrected chi connectivity index (χ1v) is 18.3. The third kappa shape index (κ3) is 33.7. The molecule has 0 unspecified atom stereocenters. The Bertz CT molecular complexity index is 390. The van der Waals surface area contributed by atoms with Gasteiger partial charge < -0.3 is 0 Å². The third-order valence-corrected chi connectivity index (χ3v) is 8.62. The maximum Gasteiger partial charge on any atom is 0.132 e. The molecule has 0 rings (SSSR count). The summed E-state index contributed by atoms with van der Waals surface area (Å²) in [5.41, 5.74) is 0. The summed E-state index contributed by atoms with van der Waals surface area (Å²) < 4.78 is 0. The first-order valence-electron chi connectivity index (χ1n) is 18.3. The van der Waals surface area contributed by atoms with Crippen molar-refractivity contribution in [3.05, 3.63) is 0 Å². The number of rotatable bonds is 34. The van der Waals surface area contributed by atoms with Crippen LogP contribution in [0.25, 0.3) is 0 Å². The van der Waals surface area contributed by atoms with Gasteiger partial charge in [0.15, 0.2) is 0 Å². The lowest BCUT2D eigenvalue weighted by Crippen LogP contribution is -1.97. The van der Waals surface area contributed by atoms with E-state index >= 15 is 0 Å². The van der Waals surface area contributed by atoms with E-state index in [0.717, 1.165) is 25.7 Å². The minimum absolute atomic E-state index is 0.528. The third-order valence-electron chi connectivity index (χ3n) is 8.62. The van der Waals surface area contributed by atoms with Gasteiger partial charge in [-0.1, -0.05) is 206 Å². The monoisotopic (exact) mass is 535 g/mol. The van der Waals surface area contributed by atoms with Crippen molar-refractivity contribution in [2.75, 3.05) is 0 Å². The number of hydrogen-bond acceptors (Lipinski definition) is 1. The Morgan fingerprint density at radius 2 is 0.421 bits per heavy atom. The van der Waals surface area contributed by atoms with E-state index in [9.17, 15) is 4.79 Å². The Morgan fingerprint density at radius 1 is 0.263 bits per heavy atom. The van der Waals surface area contributed by atoms with E-state index in [2.05, 4.69) is 13.8 Å². The van der Waals surface area contributed by atoms with Gasteiger partial charge in [-0.05, 0) is 12.8 Å². The summed E-state index contributed by atoms with van der Waals surface area (Å²) in [5, 5.41) is 0. The van der Waals surface area contributed by atoms with Crippen LogP contribution in [0.1, 0.15) is 232 Å². The minimum atomic E-state index is 0.528. The topological polar surface area (TPSA) is 17.1 Å². The average Bonchev–Trinajstić information content (AvgIpc) is 2.92. The largest absolute Gasteiger partial charge is 0.300 e. The standard InChI is InChI=1S/C37H74O/c1-3-5-7-9-11-13-15-17-19-21-23-25-27-29-31-33-35-37(38)36-34-32-30-28-26-24-22-20-18-16-14-12-10-8-6-4-2/h3-36H2,1-2H3. The Balaban J connectivity index is 3.14. The molecule has 228 valence electrons. The smallest absolute Gasteiger partial charge is 0.132 e. The van der Waals surface area contributed by atoms with E-state index in [-0.39, 0.29) is 0 Å². The van der Waals surface area contributed by atoms with Gasteiger partial charge in [0.05, 0.1) is 0 Å². The van der Waals surface area contributed by atoms with Gasteiger partial charge in [-0.15, -0.1) is 0 Å². The van der Waals surface area contributed by atoms with E-state index in [1.54, 1.807) is 0 Å². The molecule has 0 aromatic carbocycles. The van der Waals surface area contributed by atoms with Crippen LogP contribution >= 0.6 is 0 Å². The highest BCUT2D eigenvalue weighted by atomic mass is 16.1. The zero-order valence-corrected chi connectivity index (χ0v) is 26.9. The van der Waals surface area contributed by atoms with E-state index in [1.165, 1.54) is 193 Å². The molecule has 0 saturated carbocycles. The van der Waals surface area contributed by atoms with Crippen LogP contribution in [0.15, 0.2) is 0 Å². The van der Waals surface area contributed by atoms with Crippen LogP contribution in [0.4, 0.5) is 0 Å². The lowest BCUT2D eigenvalue weighted by atomic mass is 10.0. The molecule has 0 radical (unpaired) electrons. The zero-order chi connectivity index (χ0) is 27.6. The maximum atomic E-state index is 12.1. The van der Waals surface area contributed by atoms with Gasteiger partial charge in [-0.25, -0.2) is 0 Å². The molecule has 0 aliphatic carbocycles. The molecule has 1 heteroatoms. The molecule has 0 saturated heterocycles. The van der Waals surface area contributed by atoms with Gasteiger partial charge >= 0.3 is 0 Å². The quantitative estimate of drug-likeness (QED) is 0.0750. The van der Waals surface area contributed by atoms with Crippen LogP contribution < -0.4 is 0 Å². The van der Waals surface area contributed by atoms with Crippen LogP contribution in [0.3, 0.4) is 0 Å². The zero-order valence-electron chi connectivity index (χ0n) is 26.9. The first-order chi connectivity index (χ1) is 18.8. The average molecular weight is 535 g/mol. The molecule has 38 heavy (non-hydrogen) atoms. The molecular formula is C37H74O. The summed E-state index contributed by atoms with van der Waals surface area (Å²) in [7, 11) is 0. The van der Waals surface area contributed by atoms with E-state index in [0.29, 0.717) is 5.78 Å². The van der Waals surface area contributed by atoms with Gasteiger partial charge in [-0.2, -0.15) is 0 Å². The summed E-state index contributed by atoms with van der Waals surface area (Å²) in [6.07, 6.45) is 46.4.